The number of carbonyl (C=O) groups excluding carboxylic acids is 2. The third-order valence-corrected chi connectivity index (χ3v) is 3.83. The molecule has 2 aromatic rings. The van der Waals surface area contributed by atoms with Gasteiger partial charge in [-0.25, -0.2) is 0 Å². The number of hydrogen-bond acceptors (Lipinski definition) is 5. The number of nitrogens with one attached hydrogen (secondary N) is 1. The average Bonchev–Trinajstić information content (AvgIpc) is 3.02. The Labute approximate surface area is 153 Å². The van der Waals surface area contributed by atoms with Crippen molar-refractivity contribution in [1.29, 1.82) is 0 Å². The Hall–Kier alpha value is -2.83. The fraction of sp³-hybridized carbons (Fsp3) is 0.421. The van der Waals surface area contributed by atoms with E-state index in [0.717, 1.165) is 6.42 Å². The number of carbonyl (C=O) groups is 2. The van der Waals surface area contributed by atoms with Gasteiger partial charge in [0.05, 0.1) is 7.11 Å². The standard InChI is InChI=1S/C19H25N3O4/c1-13(2)9-10-22(12-18(23)20-17-11-14(3)26-21-17)19(24)15-5-7-16(25-4)8-6-15/h5-8,11,13H,9-10,12H2,1-4H3,(H,20,21,23). The molecular weight excluding hydrogens is 334 g/mol. The number of rotatable bonds is 8. The Kier molecular flexibility index (Phi) is 6.77. The average molecular weight is 359 g/mol. The summed E-state index contributed by atoms with van der Waals surface area (Å²) in [6.45, 7) is 6.34. The zero-order valence-electron chi connectivity index (χ0n) is 15.6. The molecule has 1 aromatic heterocycles. The van der Waals surface area contributed by atoms with E-state index in [2.05, 4.69) is 24.3 Å². The third kappa shape index (κ3) is 5.61. The van der Waals surface area contributed by atoms with Crippen molar-refractivity contribution in [1.82, 2.24) is 10.1 Å². The van der Waals surface area contributed by atoms with Gasteiger partial charge >= 0.3 is 0 Å². The van der Waals surface area contributed by atoms with E-state index in [1.165, 1.54) is 0 Å². The van der Waals surface area contributed by atoms with Crippen LogP contribution in [-0.4, -0.2) is 42.1 Å². The molecule has 7 nitrogen and oxygen atoms in total. The van der Waals surface area contributed by atoms with Crippen molar-refractivity contribution in [2.75, 3.05) is 25.5 Å². The summed E-state index contributed by atoms with van der Waals surface area (Å²) in [6.07, 6.45) is 0.804. The number of nitrogens with zero attached hydrogens (tertiary/aromatic N) is 2. The van der Waals surface area contributed by atoms with Crippen LogP contribution in [0.25, 0.3) is 0 Å². The van der Waals surface area contributed by atoms with Gasteiger partial charge in [-0.2, -0.15) is 0 Å². The predicted octanol–water partition coefficient (Wildman–Crippen LogP) is 3.12. The van der Waals surface area contributed by atoms with E-state index in [4.69, 9.17) is 9.26 Å². The molecule has 0 aliphatic rings. The second-order valence-electron chi connectivity index (χ2n) is 6.51. The molecule has 0 unspecified atom stereocenters. The van der Waals surface area contributed by atoms with Gasteiger partial charge in [0, 0.05) is 18.2 Å². The van der Waals surface area contributed by atoms with Crippen LogP contribution in [0.5, 0.6) is 5.75 Å². The summed E-state index contributed by atoms with van der Waals surface area (Å²) in [5.74, 6) is 1.53. The lowest BCUT2D eigenvalue weighted by Gasteiger charge is -2.23. The molecule has 2 amide bonds. The number of hydrogen-bond donors (Lipinski definition) is 1. The lowest BCUT2D eigenvalue weighted by atomic mass is 10.1. The van der Waals surface area contributed by atoms with Gasteiger partial charge in [-0.1, -0.05) is 19.0 Å². The predicted molar refractivity (Wildman–Crippen MR) is 98.2 cm³/mol. The van der Waals surface area contributed by atoms with Crippen LogP contribution in [0.15, 0.2) is 34.9 Å². The molecule has 2 rings (SSSR count). The molecule has 0 spiro atoms. The largest absolute Gasteiger partial charge is 0.497 e. The number of aromatic nitrogens is 1. The molecule has 0 bridgehead atoms. The second kappa shape index (κ2) is 9.03. The zero-order valence-corrected chi connectivity index (χ0v) is 15.6. The Morgan fingerprint density at radius 3 is 2.50 bits per heavy atom. The SMILES string of the molecule is COc1ccc(C(=O)N(CCC(C)C)CC(=O)Nc2cc(C)on2)cc1. The quantitative estimate of drug-likeness (QED) is 0.783. The fourth-order valence-corrected chi connectivity index (χ4v) is 2.36. The summed E-state index contributed by atoms with van der Waals surface area (Å²) in [7, 11) is 1.57. The first-order valence-electron chi connectivity index (χ1n) is 8.55. The molecule has 0 saturated heterocycles. The summed E-state index contributed by atoms with van der Waals surface area (Å²) in [5.41, 5.74) is 0.514. The number of methoxy groups -OCH3 is 1. The molecule has 0 fully saturated rings. The number of aryl methyl sites for hydroxylation is 1. The van der Waals surface area contributed by atoms with Crippen LogP contribution in [0.4, 0.5) is 5.82 Å². The van der Waals surface area contributed by atoms with Crippen LogP contribution >= 0.6 is 0 Å². The molecule has 1 aromatic carbocycles. The minimum atomic E-state index is -0.316. The molecule has 26 heavy (non-hydrogen) atoms. The normalized spacial score (nSPS) is 10.7. The highest BCUT2D eigenvalue weighted by molar-refractivity contribution is 5.99. The molecule has 1 heterocycles. The van der Waals surface area contributed by atoms with Crippen LogP contribution in [-0.2, 0) is 4.79 Å². The fourth-order valence-electron chi connectivity index (χ4n) is 2.36. The first-order chi connectivity index (χ1) is 12.4. The van der Waals surface area contributed by atoms with Crippen molar-refractivity contribution < 1.29 is 18.8 Å². The lowest BCUT2D eigenvalue weighted by Crippen LogP contribution is -2.39. The van der Waals surface area contributed by atoms with Gasteiger partial charge in [0.2, 0.25) is 5.91 Å². The van der Waals surface area contributed by atoms with E-state index in [1.54, 1.807) is 49.3 Å². The van der Waals surface area contributed by atoms with E-state index in [0.29, 0.717) is 35.4 Å². The molecule has 7 heteroatoms. The maximum Gasteiger partial charge on any atom is 0.254 e. The molecule has 0 aliphatic heterocycles. The Bertz CT molecular complexity index is 737. The smallest absolute Gasteiger partial charge is 0.254 e. The number of benzene rings is 1. The van der Waals surface area contributed by atoms with E-state index in [9.17, 15) is 9.59 Å². The zero-order chi connectivity index (χ0) is 19.1. The Morgan fingerprint density at radius 2 is 1.96 bits per heavy atom. The van der Waals surface area contributed by atoms with Crippen LogP contribution < -0.4 is 10.1 Å². The van der Waals surface area contributed by atoms with Gasteiger partial charge in [0.15, 0.2) is 5.82 Å². The van der Waals surface area contributed by atoms with Gasteiger partial charge in [-0.3, -0.25) is 9.59 Å². The highest BCUT2D eigenvalue weighted by Crippen LogP contribution is 2.14. The summed E-state index contributed by atoms with van der Waals surface area (Å²) < 4.78 is 10.0. The summed E-state index contributed by atoms with van der Waals surface area (Å²) >= 11 is 0. The molecule has 0 radical (unpaired) electrons. The van der Waals surface area contributed by atoms with Crippen LogP contribution in [0.1, 0.15) is 36.4 Å². The second-order valence-corrected chi connectivity index (χ2v) is 6.51. The van der Waals surface area contributed by atoms with E-state index < -0.39 is 0 Å². The van der Waals surface area contributed by atoms with Crippen molar-refractivity contribution in [2.45, 2.75) is 27.2 Å². The van der Waals surface area contributed by atoms with Gasteiger partial charge in [-0.15, -0.1) is 0 Å². The molecule has 0 atom stereocenters. The maximum absolute atomic E-state index is 12.8. The van der Waals surface area contributed by atoms with Gasteiger partial charge < -0.3 is 19.5 Å². The van der Waals surface area contributed by atoms with Crippen LogP contribution in [0, 0.1) is 12.8 Å². The first-order valence-corrected chi connectivity index (χ1v) is 8.55. The first kappa shape index (κ1) is 19.5. The van der Waals surface area contributed by atoms with Crippen molar-refractivity contribution in [2.24, 2.45) is 5.92 Å². The van der Waals surface area contributed by atoms with E-state index in [1.807, 2.05) is 0 Å². The molecule has 1 N–H and O–H groups in total. The Balaban J connectivity index is 2.07. The van der Waals surface area contributed by atoms with Crippen molar-refractivity contribution in [3.8, 4) is 5.75 Å². The Morgan fingerprint density at radius 1 is 1.27 bits per heavy atom. The lowest BCUT2D eigenvalue weighted by molar-refractivity contribution is -0.117. The molecular formula is C19H25N3O4. The minimum absolute atomic E-state index is 0.0521. The van der Waals surface area contributed by atoms with E-state index in [-0.39, 0.29) is 18.4 Å². The van der Waals surface area contributed by atoms with Gasteiger partial charge in [-0.05, 0) is 43.5 Å². The van der Waals surface area contributed by atoms with Crippen LogP contribution in [0.3, 0.4) is 0 Å². The highest BCUT2D eigenvalue weighted by Gasteiger charge is 2.20. The van der Waals surface area contributed by atoms with Gasteiger partial charge in [0.25, 0.3) is 5.91 Å². The van der Waals surface area contributed by atoms with Gasteiger partial charge in [0.1, 0.15) is 18.1 Å². The summed E-state index contributed by atoms with van der Waals surface area (Å²) in [6, 6.07) is 8.48. The van der Waals surface area contributed by atoms with Crippen molar-refractivity contribution >= 4 is 17.6 Å². The maximum atomic E-state index is 12.8. The molecule has 0 saturated carbocycles. The molecule has 140 valence electrons. The minimum Gasteiger partial charge on any atom is -0.497 e. The van der Waals surface area contributed by atoms with Crippen LogP contribution in [0.2, 0.25) is 0 Å². The monoisotopic (exact) mass is 359 g/mol. The topological polar surface area (TPSA) is 84.7 Å². The summed E-state index contributed by atoms with van der Waals surface area (Å²) in [4.78, 5) is 26.7. The van der Waals surface area contributed by atoms with E-state index >= 15 is 0 Å². The number of anilines is 1. The number of amides is 2. The third-order valence-electron chi connectivity index (χ3n) is 3.83. The van der Waals surface area contributed by atoms with Crippen molar-refractivity contribution in [3.63, 3.8) is 0 Å². The number of ether oxygens (including phenoxy) is 1. The van der Waals surface area contributed by atoms with Crippen molar-refractivity contribution in [3.05, 3.63) is 41.7 Å². The summed E-state index contributed by atoms with van der Waals surface area (Å²) in [5, 5.41) is 6.38. The highest BCUT2D eigenvalue weighted by atomic mass is 16.5. The molecule has 0 aliphatic carbocycles.